The summed E-state index contributed by atoms with van der Waals surface area (Å²) in [4.78, 5) is 24.0. The van der Waals surface area contributed by atoms with Crippen molar-refractivity contribution in [2.75, 3.05) is 0 Å². The summed E-state index contributed by atoms with van der Waals surface area (Å²) in [6.45, 7) is 0. The number of hydrogen-bond donors (Lipinski definition) is 0. The van der Waals surface area contributed by atoms with Crippen LogP contribution in [0.2, 0.25) is 0 Å². The van der Waals surface area contributed by atoms with Gasteiger partial charge in [0.15, 0.2) is 5.82 Å². The van der Waals surface area contributed by atoms with Crippen LogP contribution in [-0.4, -0.2) is 34.1 Å². The lowest BCUT2D eigenvalue weighted by Gasteiger charge is -2.09. The molecule has 0 aliphatic rings. The zero-order valence-corrected chi connectivity index (χ0v) is 20.1. The molecule has 178 valence electrons. The van der Waals surface area contributed by atoms with Gasteiger partial charge in [0.2, 0.25) is 0 Å². The highest BCUT2D eigenvalue weighted by atomic mass is 15.1. The third-order valence-corrected chi connectivity index (χ3v) is 6.91. The van der Waals surface area contributed by atoms with Crippen molar-refractivity contribution in [3.8, 4) is 22.8 Å². The van der Waals surface area contributed by atoms with Crippen molar-refractivity contribution in [1.82, 2.24) is 34.1 Å². The maximum absolute atomic E-state index is 5.18. The van der Waals surface area contributed by atoms with Gasteiger partial charge in [-0.3, -0.25) is 9.97 Å². The Bertz CT molecular complexity index is 2110. The first-order chi connectivity index (χ1) is 18.9. The first-order valence-electron chi connectivity index (χ1n) is 12.4. The van der Waals surface area contributed by atoms with Gasteiger partial charge >= 0.3 is 0 Å². The van der Waals surface area contributed by atoms with E-state index in [1.807, 2.05) is 79.3 Å². The van der Waals surface area contributed by atoms with E-state index in [9.17, 15) is 0 Å². The molecule has 8 rings (SSSR count). The Morgan fingerprint density at radius 2 is 1.00 bits per heavy atom. The minimum atomic E-state index is 0.684. The Labute approximate surface area is 216 Å². The van der Waals surface area contributed by atoms with E-state index in [4.69, 9.17) is 24.9 Å². The van der Waals surface area contributed by atoms with Gasteiger partial charge in [-0.2, -0.15) is 0 Å². The second-order valence-electron chi connectivity index (χ2n) is 9.10. The molecular weight excluding hydrogens is 470 g/mol. The van der Waals surface area contributed by atoms with Crippen molar-refractivity contribution in [3.63, 3.8) is 0 Å². The molecule has 0 bridgehead atoms. The normalized spacial score (nSPS) is 11.7. The fraction of sp³-hybridized carbons (Fsp3) is 0. The molecule has 38 heavy (non-hydrogen) atoms. The van der Waals surface area contributed by atoms with E-state index in [2.05, 4.69) is 39.5 Å². The highest BCUT2D eigenvalue weighted by Crippen LogP contribution is 2.36. The molecule has 7 nitrogen and oxygen atoms in total. The molecular formula is C31H19N7. The molecule has 8 aromatic rings. The van der Waals surface area contributed by atoms with Crippen LogP contribution in [0.5, 0.6) is 0 Å². The average molecular weight is 490 g/mol. The number of aromatic nitrogens is 7. The van der Waals surface area contributed by atoms with E-state index in [-0.39, 0.29) is 0 Å². The first-order valence-corrected chi connectivity index (χ1v) is 12.4. The summed E-state index contributed by atoms with van der Waals surface area (Å²) < 4.78 is 4.36. The van der Waals surface area contributed by atoms with Crippen LogP contribution < -0.4 is 0 Å². The molecule has 6 aromatic heterocycles. The van der Waals surface area contributed by atoms with Gasteiger partial charge in [0.05, 0.1) is 40.1 Å². The molecule has 0 N–H and O–H groups in total. The lowest BCUT2D eigenvalue weighted by atomic mass is 10.2. The number of benzene rings is 2. The predicted molar refractivity (Wildman–Crippen MR) is 150 cm³/mol. The maximum atomic E-state index is 5.18. The number of para-hydroxylation sites is 1. The van der Waals surface area contributed by atoms with E-state index in [0.717, 1.165) is 61.1 Å². The summed E-state index contributed by atoms with van der Waals surface area (Å²) >= 11 is 0. The molecule has 0 saturated heterocycles. The van der Waals surface area contributed by atoms with E-state index >= 15 is 0 Å². The van der Waals surface area contributed by atoms with Crippen molar-refractivity contribution < 1.29 is 0 Å². The van der Waals surface area contributed by atoms with Gasteiger partial charge in [-0.25, -0.2) is 15.0 Å². The Balaban J connectivity index is 1.45. The topological polar surface area (TPSA) is 74.3 Å². The Kier molecular flexibility index (Phi) is 4.39. The second kappa shape index (κ2) is 8.04. The van der Waals surface area contributed by atoms with Crippen molar-refractivity contribution in [3.05, 3.63) is 116 Å². The highest BCUT2D eigenvalue weighted by Gasteiger charge is 2.21. The molecule has 0 unspecified atom stereocenters. The minimum Gasteiger partial charge on any atom is -0.306 e. The van der Waals surface area contributed by atoms with Crippen LogP contribution in [0.15, 0.2) is 116 Å². The van der Waals surface area contributed by atoms with Crippen LogP contribution in [0.1, 0.15) is 0 Å². The molecule has 0 fully saturated rings. The van der Waals surface area contributed by atoms with E-state index in [0.29, 0.717) is 5.82 Å². The molecule has 0 saturated carbocycles. The molecule has 2 aromatic carbocycles. The van der Waals surface area contributed by atoms with Crippen LogP contribution in [0, 0.1) is 0 Å². The van der Waals surface area contributed by atoms with Gasteiger partial charge in [-0.1, -0.05) is 48.5 Å². The second-order valence-corrected chi connectivity index (χ2v) is 9.10. The lowest BCUT2D eigenvalue weighted by molar-refractivity contribution is 1.08. The lowest BCUT2D eigenvalue weighted by Crippen LogP contribution is -1.99. The number of rotatable bonds is 3. The molecule has 7 heteroatoms. The van der Waals surface area contributed by atoms with Crippen molar-refractivity contribution in [2.24, 2.45) is 0 Å². The Morgan fingerprint density at radius 1 is 0.447 bits per heavy atom. The standard InChI is InChI=1S/C31H19N7/c1-3-9-20(10-4-1)31-34-18-22(19-35-31)38-24-14-8-16-33-28(24)30-26(38)17-25-29(36-30)27-23(13-7-15-32-27)37(25)21-11-5-2-6-12-21/h1-19H. The monoisotopic (exact) mass is 489 g/mol. The smallest absolute Gasteiger partial charge is 0.159 e. The van der Waals surface area contributed by atoms with Crippen molar-refractivity contribution in [1.29, 1.82) is 0 Å². The zero-order chi connectivity index (χ0) is 25.1. The van der Waals surface area contributed by atoms with Gasteiger partial charge in [0.25, 0.3) is 0 Å². The number of hydrogen-bond acceptors (Lipinski definition) is 5. The molecule has 0 spiro atoms. The van der Waals surface area contributed by atoms with Gasteiger partial charge in [0.1, 0.15) is 22.1 Å². The summed E-state index contributed by atoms with van der Waals surface area (Å²) in [5.74, 6) is 0.684. The molecule has 0 amide bonds. The van der Waals surface area contributed by atoms with Gasteiger partial charge in [-0.15, -0.1) is 0 Å². The van der Waals surface area contributed by atoms with E-state index in [1.54, 1.807) is 6.20 Å². The third kappa shape index (κ3) is 2.99. The van der Waals surface area contributed by atoms with E-state index in [1.165, 1.54) is 0 Å². The number of nitrogens with zero attached hydrogens (tertiary/aromatic N) is 7. The van der Waals surface area contributed by atoms with Crippen LogP contribution in [0.25, 0.3) is 66.9 Å². The van der Waals surface area contributed by atoms with Crippen LogP contribution in [0.3, 0.4) is 0 Å². The first kappa shape index (κ1) is 20.7. The molecule has 0 radical (unpaired) electrons. The fourth-order valence-electron chi connectivity index (χ4n) is 5.27. The third-order valence-electron chi connectivity index (χ3n) is 6.91. The fourth-order valence-corrected chi connectivity index (χ4v) is 5.27. The van der Waals surface area contributed by atoms with Crippen molar-refractivity contribution >= 4 is 44.1 Å². The maximum Gasteiger partial charge on any atom is 0.159 e. The average Bonchev–Trinajstić information content (AvgIpc) is 3.49. The van der Waals surface area contributed by atoms with E-state index < -0.39 is 0 Å². The SMILES string of the molecule is c1ccc(-c2ncc(-n3c4cccnc4c4nc5c6ncccc6n(-c6ccccc6)c5cc43)cn2)cc1. The number of fused-ring (bicyclic) bond motifs is 6. The molecule has 6 heterocycles. The van der Waals surface area contributed by atoms with Crippen LogP contribution >= 0.6 is 0 Å². The van der Waals surface area contributed by atoms with Crippen molar-refractivity contribution in [2.45, 2.75) is 0 Å². The van der Waals surface area contributed by atoms with Crippen LogP contribution in [-0.2, 0) is 0 Å². The summed E-state index contributed by atoms with van der Waals surface area (Å²) in [7, 11) is 0. The predicted octanol–water partition coefficient (Wildman–Crippen LogP) is 6.52. The van der Waals surface area contributed by atoms with Gasteiger partial charge in [-0.05, 0) is 42.5 Å². The summed E-state index contributed by atoms with van der Waals surface area (Å²) in [5, 5.41) is 0. The Hall–Kier alpha value is -5.43. The molecule has 0 atom stereocenters. The zero-order valence-electron chi connectivity index (χ0n) is 20.1. The highest BCUT2D eigenvalue weighted by molar-refractivity contribution is 6.13. The molecule has 0 aliphatic heterocycles. The summed E-state index contributed by atoms with van der Waals surface area (Å²) in [6, 6.07) is 30.5. The largest absolute Gasteiger partial charge is 0.306 e. The van der Waals surface area contributed by atoms with Gasteiger partial charge < -0.3 is 9.13 Å². The minimum absolute atomic E-state index is 0.684. The summed E-state index contributed by atoms with van der Waals surface area (Å²) in [5.41, 5.74) is 10.1. The quantitative estimate of drug-likeness (QED) is 0.282. The Morgan fingerprint density at radius 3 is 1.61 bits per heavy atom. The van der Waals surface area contributed by atoms with Gasteiger partial charge in [0, 0.05) is 23.6 Å². The summed E-state index contributed by atoms with van der Waals surface area (Å²) in [6.07, 6.45) is 7.34. The molecule has 0 aliphatic carbocycles. The van der Waals surface area contributed by atoms with Crippen LogP contribution in [0.4, 0.5) is 0 Å². The number of pyridine rings is 3.